The molecule has 0 spiro atoms. The monoisotopic (exact) mass is 402 g/mol. The van der Waals surface area contributed by atoms with Crippen LogP contribution in [0.25, 0.3) is 11.1 Å². The standard InChI is InChI=1S/C25H23FN2O2/c1-30-21-12-8-17(9-13-21)16-2-4-18(5-3-16)24-22-14-28(15-23(24)27-22)25(29)19-6-10-20(26)11-7-19/h2-13,22-24,27H,14-15H2,1H3/t22-,23+,24?. The van der Waals surface area contributed by atoms with Gasteiger partial charge in [-0.3, -0.25) is 4.79 Å². The quantitative estimate of drug-likeness (QED) is 0.715. The van der Waals surface area contributed by atoms with E-state index in [2.05, 4.69) is 41.7 Å². The van der Waals surface area contributed by atoms with Crippen molar-refractivity contribution in [2.45, 2.75) is 18.0 Å². The molecule has 4 nitrogen and oxygen atoms in total. The molecule has 0 radical (unpaired) electrons. The Balaban J connectivity index is 1.27. The fraction of sp³-hybridized carbons (Fsp3) is 0.240. The van der Waals surface area contributed by atoms with Gasteiger partial charge in [0.1, 0.15) is 11.6 Å². The molecule has 3 aliphatic heterocycles. The van der Waals surface area contributed by atoms with Crippen LogP contribution in [0.15, 0.2) is 72.8 Å². The van der Waals surface area contributed by atoms with E-state index < -0.39 is 0 Å². The van der Waals surface area contributed by atoms with Crippen molar-refractivity contribution in [3.63, 3.8) is 0 Å². The number of methoxy groups -OCH3 is 1. The molecule has 3 atom stereocenters. The van der Waals surface area contributed by atoms with Crippen LogP contribution in [0, 0.1) is 5.82 Å². The Morgan fingerprint density at radius 2 is 1.47 bits per heavy atom. The number of ether oxygens (including phenoxy) is 1. The Hall–Kier alpha value is -3.18. The van der Waals surface area contributed by atoms with Crippen molar-refractivity contribution in [1.82, 2.24) is 10.2 Å². The molecule has 152 valence electrons. The minimum absolute atomic E-state index is 0.0280. The fourth-order valence-electron chi connectivity index (χ4n) is 4.61. The Kier molecular flexibility index (Phi) is 4.75. The lowest BCUT2D eigenvalue weighted by Gasteiger charge is -2.54. The lowest BCUT2D eigenvalue weighted by Crippen LogP contribution is -2.72. The predicted octanol–water partition coefficient (Wildman–Crippen LogP) is 4.08. The lowest BCUT2D eigenvalue weighted by atomic mass is 9.74. The van der Waals surface area contributed by atoms with Crippen molar-refractivity contribution in [2.24, 2.45) is 0 Å². The first kappa shape index (κ1) is 18.8. The second-order valence-electron chi connectivity index (χ2n) is 7.97. The molecule has 1 N–H and O–H groups in total. The number of nitrogens with one attached hydrogen (secondary N) is 1. The second-order valence-corrected chi connectivity index (χ2v) is 7.97. The summed E-state index contributed by atoms with van der Waals surface area (Å²) in [5.74, 6) is 0.906. The van der Waals surface area contributed by atoms with Crippen molar-refractivity contribution in [3.05, 3.63) is 89.7 Å². The summed E-state index contributed by atoms with van der Waals surface area (Å²) >= 11 is 0. The molecule has 0 saturated carbocycles. The highest BCUT2D eigenvalue weighted by atomic mass is 19.1. The van der Waals surface area contributed by atoms with E-state index in [1.54, 1.807) is 19.2 Å². The summed E-state index contributed by atoms with van der Waals surface area (Å²) in [4.78, 5) is 14.6. The topological polar surface area (TPSA) is 41.6 Å². The molecule has 0 aliphatic carbocycles. The van der Waals surface area contributed by atoms with Crippen LogP contribution in [0.4, 0.5) is 4.39 Å². The van der Waals surface area contributed by atoms with Crippen molar-refractivity contribution in [1.29, 1.82) is 0 Å². The number of carbonyl (C=O) groups is 1. The van der Waals surface area contributed by atoms with Gasteiger partial charge in [-0.1, -0.05) is 36.4 Å². The maximum absolute atomic E-state index is 13.1. The van der Waals surface area contributed by atoms with Gasteiger partial charge in [-0.05, 0) is 53.1 Å². The van der Waals surface area contributed by atoms with Crippen LogP contribution in [0.5, 0.6) is 5.75 Å². The number of carbonyl (C=O) groups excluding carboxylic acids is 1. The van der Waals surface area contributed by atoms with Crippen molar-refractivity contribution in [2.75, 3.05) is 20.2 Å². The first-order chi connectivity index (χ1) is 14.6. The molecule has 1 amide bonds. The Morgan fingerprint density at radius 1 is 0.900 bits per heavy atom. The van der Waals surface area contributed by atoms with Crippen molar-refractivity contribution < 1.29 is 13.9 Å². The predicted molar refractivity (Wildman–Crippen MR) is 114 cm³/mol. The molecule has 3 saturated heterocycles. The average molecular weight is 402 g/mol. The summed E-state index contributed by atoms with van der Waals surface area (Å²) in [5.41, 5.74) is 4.17. The van der Waals surface area contributed by atoms with Crippen LogP contribution < -0.4 is 10.1 Å². The molecule has 2 bridgehead atoms. The van der Waals surface area contributed by atoms with E-state index in [1.165, 1.54) is 23.3 Å². The van der Waals surface area contributed by atoms with Gasteiger partial charge in [0.15, 0.2) is 0 Å². The van der Waals surface area contributed by atoms with Crippen LogP contribution in [0.2, 0.25) is 0 Å². The highest BCUT2D eigenvalue weighted by Crippen LogP contribution is 2.38. The van der Waals surface area contributed by atoms with E-state index in [-0.39, 0.29) is 23.8 Å². The maximum Gasteiger partial charge on any atom is 0.253 e. The number of hydrogen-bond acceptors (Lipinski definition) is 3. The van der Waals surface area contributed by atoms with Crippen LogP contribution >= 0.6 is 0 Å². The van der Waals surface area contributed by atoms with Gasteiger partial charge < -0.3 is 15.0 Å². The molecule has 3 aliphatic rings. The van der Waals surface area contributed by atoms with E-state index in [0.717, 1.165) is 11.3 Å². The number of nitrogens with zero attached hydrogens (tertiary/aromatic N) is 1. The van der Waals surface area contributed by atoms with Crippen LogP contribution in [-0.4, -0.2) is 43.1 Å². The van der Waals surface area contributed by atoms with Gasteiger partial charge in [-0.25, -0.2) is 4.39 Å². The minimum Gasteiger partial charge on any atom is -0.497 e. The summed E-state index contributed by atoms with van der Waals surface area (Å²) in [7, 11) is 1.67. The number of amides is 1. The fourth-order valence-corrected chi connectivity index (χ4v) is 4.61. The molecule has 1 unspecified atom stereocenters. The van der Waals surface area contributed by atoms with E-state index in [9.17, 15) is 9.18 Å². The van der Waals surface area contributed by atoms with Gasteiger partial charge in [-0.2, -0.15) is 0 Å². The highest BCUT2D eigenvalue weighted by Gasteiger charge is 2.48. The summed E-state index contributed by atoms with van der Waals surface area (Å²) in [6.45, 7) is 1.33. The third-order valence-electron chi connectivity index (χ3n) is 6.23. The number of benzene rings is 3. The zero-order valence-corrected chi connectivity index (χ0v) is 16.7. The molecule has 3 aromatic rings. The van der Waals surface area contributed by atoms with E-state index in [4.69, 9.17) is 4.74 Å². The highest BCUT2D eigenvalue weighted by molar-refractivity contribution is 5.94. The van der Waals surface area contributed by atoms with Gasteiger partial charge >= 0.3 is 0 Å². The third-order valence-corrected chi connectivity index (χ3v) is 6.23. The molecule has 6 rings (SSSR count). The summed E-state index contributed by atoms with van der Waals surface area (Å²) in [6.07, 6.45) is 0. The molecule has 3 fully saturated rings. The van der Waals surface area contributed by atoms with Gasteiger partial charge in [0.25, 0.3) is 5.91 Å². The molecule has 3 aromatic carbocycles. The Bertz CT molecular complexity index is 1040. The zero-order chi connectivity index (χ0) is 20.7. The molecular weight excluding hydrogens is 379 g/mol. The number of piperidine rings is 1. The number of fused-ring (bicyclic) bond motifs is 2. The van der Waals surface area contributed by atoms with Gasteiger partial charge in [-0.15, -0.1) is 0 Å². The number of piperazine rings is 1. The van der Waals surface area contributed by atoms with E-state index in [1.807, 2.05) is 17.0 Å². The minimum atomic E-state index is -0.326. The molecule has 5 heteroatoms. The third kappa shape index (κ3) is 3.35. The number of halogens is 1. The normalized spacial score (nSPS) is 22.3. The zero-order valence-electron chi connectivity index (χ0n) is 16.7. The van der Waals surface area contributed by atoms with Gasteiger partial charge in [0.05, 0.1) is 7.11 Å². The van der Waals surface area contributed by atoms with Crippen molar-refractivity contribution in [3.8, 4) is 16.9 Å². The summed E-state index contributed by atoms with van der Waals surface area (Å²) < 4.78 is 18.4. The molecular formula is C25H23FN2O2. The smallest absolute Gasteiger partial charge is 0.253 e. The Labute approximate surface area is 175 Å². The molecule has 30 heavy (non-hydrogen) atoms. The number of rotatable bonds is 4. The summed E-state index contributed by atoms with van der Waals surface area (Å²) in [5, 5.41) is 3.56. The van der Waals surface area contributed by atoms with Crippen LogP contribution in [0.3, 0.4) is 0 Å². The Morgan fingerprint density at radius 3 is 2.03 bits per heavy atom. The average Bonchev–Trinajstić information content (AvgIpc) is 2.80. The molecule has 0 aromatic heterocycles. The van der Waals surface area contributed by atoms with Crippen LogP contribution in [-0.2, 0) is 0 Å². The van der Waals surface area contributed by atoms with E-state index in [0.29, 0.717) is 24.6 Å². The molecule has 3 heterocycles. The second kappa shape index (κ2) is 7.58. The van der Waals surface area contributed by atoms with Crippen LogP contribution in [0.1, 0.15) is 21.8 Å². The summed E-state index contributed by atoms with van der Waals surface area (Å²) in [6, 6.07) is 23.1. The van der Waals surface area contributed by atoms with Gasteiger partial charge in [0.2, 0.25) is 0 Å². The number of hydrogen-bond donors (Lipinski definition) is 1. The van der Waals surface area contributed by atoms with E-state index >= 15 is 0 Å². The van der Waals surface area contributed by atoms with Gasteiger partial charge in [0, 0.05) is 36.7 Å². The largest absolute Gasteiger partial charge is 0.497 e. The lowest BCUT2D eigenvalue weighted by molar-refractivity contribution is 0.0367. The SMILES string of the molecule is COc1ccc(-c2ccc(C3[C@@H]4CN(C(=O)c5ccc(F)cc5)C[C@H]3N4)cc2)cc1. The first-order valence-corrected chi connectivity index (χ1v) is 10.2. The first-order valence-electron chi connectivity index (χ1n) is 10.2. The maximum atomic E-state index is 13.1. The van der Waals surface area contributed by atoms with Crippen molar-refractivity contribution >= 4 is 5.91 Å².